The SMILES string of the molecule is CC(=N)c1c(C2CCCNC2)nc2c(-c3cnn(C)c3)cnn2c1N. The van der Waals surface area contributed by atoms with Gasteiger partial charge in [-0.3, -0.25) is 4.68 Å². The number of aromatic nitrogens is 5. The first-order valence-electron chi connectivity index (χ1n) is 8.48. The van der Waals surface area contributed by atoms with Gasteiger partial charge in [-0.1, -0.05) is 0 Å². The van der Waals surface area contributed by atoms with Crippen molar-refractivity contribution >= 4 is 17.2 Å². The molecule has 8 heteroatoms. The van der Waals surface area contributed by atoms with Crippen molar-refractivity contribution in [3.05, 3.63) is 29.8 Å². The Morgan fingerprint density at radius 3 is 2.84 bits per heavy atom. The number of fused-ring (bicyclic) bond motifs is 1. The summed E-state index contributed by atoms with van der Waals surface area (Å²) >= 11 is 0. The molecule has 0 aliphatic carbocycles. The van der Waals surface area contributed by atoms with Crippen molar-refractivity contribution in [1.29, 1.82) is 5.41 Å². The normalized spacial score (nSPS) is 17.9. The Balaban J connectivity index is 1.95. The molecule has 1 aliphatic rings. The molecule has 3 aromatic rings. The number of nitrogens with zero attached hydrogens (tertiary/aromatic N) is 5. The van der Waals surface area contributed by atoms with Crippen LogP contribution in [-0.4, -0.2) is 43.2 Å². The fourth-order valence-corrected chi connectivity index (χ4v) is 3.56. The van der Waals surface area contributed by atoms with Gasteiger partial charge in [0.05, 0.1) is 23.7 Å². The van der Waals surface area contributed by atoms with E-state index in [2.05, 4.69) is 15.5 Å². The molecule has 0 radical (unpaired) electrons. The molecule has 1 fully saturated rings. The molecule has 130 valence electrons. The smallest absolute Gasteiger partial charge is 0.165 e. The minimum Gasteiger partial charge on any atom is -0.383 e. The molecule has 1 unspecified atom stereocenters. The number of nitrogen functional groups attached to an aromatic ring is 1. The number of anilines is 1. The van der Waals surface area contributed by atoms with Crippen LogP contribution in [0.4, 0.5) is 5.82 Å². The number of hydrogen-bond acceptors (Lipinski definition) is 6. The lowest BCUT2D eigenvalue weighted by atomic mass is 9.91. The molecule has 0 spiro atoms. The van der Waals surface area contributed by atoms with E-state index >= 15 is 0 Å². The van der Waals surface area contributed by atoms with E-state index in [9.17, 15) is 0 Å². The minimum absolute atomic E-state index is 0.257. The zero-order valence-electron chi connectivity index (χ0n) is 14.5. The summed E-state index contributed by atoms with van der Waals surface area (Å²) in [7, 11) is 1.88. The van der Waals surface area contributed by atoms with Crippen LogP contribution >= 0.6 is 0 Å². The van der Waals surface area contributed by atoms with Gasteiger partial charge in [0, 0.05) is 42.5 Å². The average molecular weight is 338 g/mol. The summed E-state index contributed by atoms with van der Waals surface area (Å²) < 4.78 is 3.39. The van der Waals surface area contributed by atoms with Crippen molar-refractivity contribution in [1.82, 2.24) is 29.7 Å². The van der Waals surface area contributed by atoms with Gasteiger partial charge in [0.1, 0.15) is 5.82 Å². The van der Waals surface area contributed by atoms with Gasteiger partial charge in [-0.2, -0.15) is 14.7 Å². The van der Waals surface area contributed by atoms with Crippen molar-refractivity contribution in [2.45, 2.75) is 25.7 Å². The number of aryl methyl sites for hydroxylation is 1. The van der Waals surface area contributed by atoms with E-state index in [0.29, 0.717) is 17.1 Å². The van der Waals surface area contributed by atoms with Crippen LogP contribution in [0.5, 0.6) is 0 Å². The van der Waals surface area contributed by atoms with Gasteiger partial charge in [0.25, 0.3) is 0 Å². The van der Waals surface area contributed by atoms with Gasteiger partial charge in [-0.15, -0.1) is 0 Å². The summed E-state index contributed by atoms with van der Waals surface area (Å²) in [4.78, 5) is 4.93. The van der Waals surface area contributed by atoms with Crippen LogP contribution < -0.4 is 11.1 Å². The third-order valence-corrected chi connectivity index (χ3v) is 4.79. The topological polar surface area (TPSA) is 110 Å². The molecule has 0 bridgehead atoms. The quantitative estimate of drug-likeness (QED) is 0.628. The van der Waals surface area contributed by atoms with Crippen LogP contribution in [0, 0.1) is 5.41 Å². The number of piperidine rings is 1. The lowest BCUT2D eigenvalue weighted by Gasteiger charge is -2.25. The van der Waals surface area contributed by atoms with E-state index in [1.807, 2.05) is 13.2 Å². The maximum atomic E-state index is 8.19. The lowest BCUT2D eigenvalue weighted by molar-refractivity contribution is 0.454. The number of hydrogen-bond donors (Lipinski definition) is 3. The Morgan fingerprint density at radius 2 is 2.20 bits per heavy atom. The molecule has 25 heavy (non-hydrogen) atoms. The minimum atomic E-state index is 0.257. The summed E-state index contributed by atoms with van der Waals surface area (Å²) in [5.74, 6) is 0.737. The van der Waals surface area contributed by atoms with Crippen molar-refractivity contribution in [3.63, 3.8) is 0 Å². The molecule has 3 aromatic heterocycles. The van der Waals surface area contributed by atoms with Crippen LogP contribution in [0.25, 0.3) is 16.8 Å². The van der Waals surface area contributed by atoms with Crippen LogP contribution in [0.15, 0.2) is 18.6 Å². The molecule has 1 atom stereocenters. The van der Waals surface area contributed by atoms with E-state index < -0.39 is 0 Å². The third-order valence-electron chi connectivity index (χ3n) is 4.79. The molecule has 8 nitrogen and oxygen atoms in total. The Morgan fingerprint density at radius 1 is 1.36 bits per heavy atom. The predicted molar refractivity (Wildman–Crippen MR) is 96.9 cm³/mol. The van der Waals surface area contributed by atoms with E-state index in [-0.39, 0.29) is 5.92 Å². The van der Waals surface area contributed by atoms with Crippen LogP contribution in [-0.2, 0) is 7.05 Å². The standard InChI is InChI=1S/C17H22N8/c1-10(18)14-15(11-4-3-5-20-6-11)23-17-13(8-22-25(17)16(14)19)12-7-21-24(2)9-12/h7-9,11,18,20H,3-6,19H2,1-2H3. The number of nitrogens with two attached hydrogens (primary N) is 1. The first kappa shape index (κ1) is 15.8. The largest absolute Gasteiger partial charge is 0.383 e. The van der Waals surface area contributed by atoms with Crippen LogP contribution in [0.3, 0.4) is 0 Å². The first-order valence-corrected chi connectivity index (χ1v) is 8.48. The highest BCUT2D eigenvalue weighted by molar-refractivity contribution is 6.02. The summed E-state index contributed by atoms with van der Waals surface area (Å²) in [5, 5.41) is 20.3. The van der Waals surface area contributed by atoms with E-state index in [0.717, 1.165) is 48.4 Å². The van der Waals surface area contributed by atoms with Gasteiger partial charge in [-0.25, -0.2) is 4.98 Å². The molecule has 0 saturated carbocycles. The first-order chi connectivity index (χ1) is 12.1. The molecule has 1 aliphatic heterocycles. The van der Waals surface area contributed by atoms with E-state index in [1.165, 1.54) is 0 Å². The third kappa shape index (κ3) is 2.58. The maximum Gasteiger partial charge on any atom is 0.165 e. The van der Waals surface area contributed by atoms with Gasteiger partial charge >= 0.3 is 0 Å². The van der Waals surface area contributed by atoms with E-state index in [4.69, 9.17) is 16.1 Å². The zero-order chi connectivity index (χ0) is 17.6. The fraction of sp³-hybridized carbons (Fsp3) is 0.412. The summed E-state index contributed by atoms with van der Waals surface area (Å²) in [6.45, 7) is 3.64. The molecular weight excluding hydrogens is 316 g/mol. The number of rotatable bonds is 3. The van der Waals surface area contributed by atoms with Crippen molar-refractivity contribution in [2.24, 2.45) is 7.05 Å². The van der Waals surface area contributed by atoms with Crippen molar-refractivity contribution in [3.8, 4) is 11.1 Å². The molecule has 0 aromatic carbocycles. The monoisotopic (exact) mass is 338 g/mol. The summed E-state index contributed by atoms with van der Waals surface area (Å²) in [6.07, 6.45) is 7.65. The number of nitrogens with one attached hydrogen (secondary N) is 2. The second-order valence-electron chi connectivity index (χ2n) is 6.62. The second-order valence-corrected chi connectivity index (χ2v) is 6.62. The molecule has 4 N–H and O–H groups in total. The second kappa shape index (κ2) is 5.96. The molecular formula is C17H22N8. The van der Waals surface area contributed by atoms with Crippen LogP contribution in [0.2, 0.25) is 0 Å². The van der Waals surface area contributed by atoms with Crippen molar-refractivity contribution < 1.29 is 0 Å². The predicted octanol–water partition coefficient (Wildman–Crippen LogP) is 1.57. The highest BCUT2D eigenvalue weighted by atomic mass is 15.3. The highest BCUT2D eigenvalue weighted by Crippen LogP contribution is 2.32. The van der Waals surface area contributed by atoms with Crippen molar-refractivity contribution in [2.75, 3.05) is 18.8 Å². The molecule has 4 heterocycles. The Kier molecular flexibility index (Phi) is 3.76. The highest BCUT2D eigenvalue weighted by Gasteiger charge is 2.25. The van der Waals surface area contributed by atoms with Gasteiger partial charge in [-0.05, 0) is 26.3 Å². The van der Waals surface area contributed by atoms with E-state index in [1.54, 1.807) is 28.5 Å². The van der Waals surface area contributed by atoms with Gasteiger partial charge in [0.15, 0.2) is 5.65 Å². The lowest BCUT2D eigenvalue weighted by Crippen LogP contribution is -2.30. The molecule has 1 saturated heterocycles. The molecule has 0 amide bonds. The Labute approximate surface area is 145 Å². The molecule has 4 rings (SSSR count). The average Bonchev–Trinajstić information content (AvgIpc) is 3.21. The van der Waals surface area contributed by atoms with Gasteiger partial charge in [0.2, 0.25) is 0 Å². The fourth-order valence-electron chi connectivity index (χ4n) is 3.56. The summed E-state index contributed by atoms with van der Waals surface area (Å²) in [5.41, 5.74) is 11.0. The van der Waals surface area contributed by atoms with Gasteiger partial charge < -0.3 is 16.5 Å². The maximum absolute atomic E-state index is 8.19. The Bertz CT molecular complexity index is 945. The van der Waals surface area contributed by atoms with Crippen LogP contribution in [0.1, 0.15) is 36.9 Å². The zero-order valence-corrected chi connectivity index (χ0v) is 14.5. The Hall–Kier alpha value is -2.74. The summed E-state index contributed by atoms with van der Waals surface area (Å²) in [6, 6.07) is 0.